The van der Waals surface area contributed by atoms with Crippen LogP contribution in [0, 0.1) is 66.4 Å². The van der Waals surface area contributed by atoms with Crippen LogP contribution in [0.15, 0.2) is 24.3 Å². The molecular formula is C32H39ClF2N4O6. The quantitative estimate of drug-likeness (QED) is 0.101. The van der Waals surface area contributed by atoms with E-state index in [0.717, 1.165) is 30.7 Å². The van der Waals surface area contributed by atoms with Crippen molar-refractivity contribution in [3.63, 3.8) is 0 Å². The van der Waals surface area contributed by atoms with Crippen molar-refractivity contribution in [3.8, 4) is 23.7 Å². The Morgan fingerprint density at radius 2 is 1.24 bits per heavy atom. The third kappa shape index (κ3) is 16.8. The molecule has 0 atom stereocenters. The number of nitrogens with one attached hydrogen (secondary N) is 1. The Morgan fingerprint density at radius 1 is 0.822 bits per heavy atom. The van der Waals surface area contributed by atoms with Crippen molar-refractivity contribution in [1.82, 2.24) is 0 Å². The van der Waals surface area contributed by atoms with E-state index in [4.69, 9.17) is 17.3 Å². The van der Waals surface area contributed by atoms with Gasteiger partial charge in [-0.05, 0) is 66.0 Å². The Balaban J connectivity index is 0.000000744. The summed E-state index contributed by atoms with van der Waals surface area (Å²) in [4.78, 5) is 41.3. The van der Waals surface area contributed by atoms with Crippen LogP contribution in [0.3, 0.4) is 0 Å². The summed E-state index contributed by atoms with van der Waals surface area (Å²) in [6.07, 6.45) is 2.28. The molecule has 10 nitrogen and oxygen atoms in total. The molecule has 45 heavy (non-hydrogen) atoms. The van der Waals surface area contributed by atoms with Crippen LogP contribution in [0.5, 0.6) is 0 Å². The fraction of sp³-hybridized carbons (Fsp3) is 0.438. The van der Waals surface area contributed by atoms with E-state index < -0.39 is 32.9 Å². The Labute approximate surface area is 267 Å². The number of nitrogens with two attached hydrogens (primary N) is 1. The van der Waals surface area contributed by atoms with Gasteiger partial charge in [0, 0.05) is 47.9 Å². The van der Waals surface area contributed by atoms with Gasteiger partial charge in [-0.25, -0.2) is 0 Å². The first-order valence-corrected chi connectivity index (χ1v) is 14.3. The zero-order valence-electron chi connectivity index (χ0n) is 26.7. The van der Waals surface area contributed by atoms with Crippen LogP contribution < -0.4 is 11.1 Å². The number of hydrogen-bond acceptors (Lipinski definition) is 7. The largest absolute Gasteiger partial charge is 0.398 e. The number of carbonyl (C=O) groups excluding carboxylic acids is 2. The summed E-state index contributed by atoms with van der Waals surface area (Å²) < 4.78 is 26.9. The standard InChI is InChI=1S/C16H19FN2O3.C12H13FN2O2.C4H7ClO/c1-5-6-15(20)18-13-10-12(17)14(19(21)22)9-11(13)7-8-16(2,3)4;1-12(2,3)5-4-8-6-11(15(16)17)9(13)7-10(8)14;1-2-3-4(5)6/h9-10H,5-6H2,1-4H3,(H,18,20);6-7H,14H2,1-3H3;2-3H2,1H3. The predicted molar refractivity (Wildman–Crippen MR) is 172 cm³/mol. The van der Waals surface area contributed by atoms with E-state index in [1.165, 1.54) is 0 Å². The second kappa shape index (κ2) is 18.3. The van der Waals surface area contributed by atoms with Crippen LogP contribution in [0.1, 0.15) is 92.2 Å². The number of benzene rings is 2. The summed E-state index contributed by atoms with van der Waals surface area (Å²) in [6, 6.07) is 3.97. The number of nitrogens with zero attached hydrogens (tertiary/aromatic N) is 2. The van der Waals surface area contributed by atoms with Gasteiger partial charge in [0.05, 0.1) is 32.3 Å². The molecule has 0 saturated carbocycles. The van der Waals surface area contributed by atoms with Gasteiger partial charge in [-0.2, -0.15) is 8.78 Å². The smallest absolute Gasteiger partial charge is 0.306 e. The first-order chi connectivity index (χ1) is 20.6. The van der Waals surface area contributed by atoms with Crippen molar-refractivity contribution in [2.24, 2.45) is 10.8 Å². The molecule has 244 valence electrons. The van der Waals surface area contributed by atoms with E-state index in [0.29, 0.717) is 12.8 Å². The van der Waals surface area contributed by atoms with Gasteiger partial charge in [0.15, 0.2) is 0 Å². The number of carbonyl (C=O) groups is 2. The van der Waals surface area contributed by atoms with Crippen molar-refractivity contribution in [1.29, 1.82) is 0 Å². The zero-order valence-corrected chi connectivity index (χ0v) is 27.4. The summed E-state index contributed by atoms with van der Waals surface area (Å²) in [7, 11) is 0. The van der Waals surface area contributed by atoms with Gasteiger partial charge >= 0.3 is 11.4 Å². The molecule has 0 saturated heterocycles. The molecule has 2 rings (SSSR count). The highest BCUT2D eigenvalue weighted by Gasteiger charge is 2.19. The molecule has 0 aliphatic carbocycles. The van der Waals surface area contributed by atoms with E-state index in [-0.39, 0.29) is 50.9 Å². The number of anilines is 2. The van der Waals surface area contributed by atoms with Crippen molar-refractivity contribution < 1.29 is 28.2 Å². The van der Waals surface area contributed by atoms with Gasteiger partial charge in [0.2, 0.25) is 22.8 Å². The molecule has 0 bridgehead atoms. The summed E-state index contributed by atoms with van der Waals surface area (Å²) >= 11 is 4.94. The lowest BCUT2D eigenvalue weighted by atomic mass is 9.97. The average molecular weight is 649 g/mol. The lowest BCUT2D eigenvalue weighted by Gasteiger charge is -2.10. The fourth-order valence-corrected chi connectivity index (χ4v) is 3.07. The minimum atomic E-state index is -1.00. The van der Waals surface area contributed by atoms with E-state index in [1.807, 2.05) is 55.4 Å². The highest BCUT2D eigenvalue weighted by Crippen LogP contribution is 2.27. The Kier molecular flexibility index (Phi) is 16.5. The molecule has 0 radical (unpaired) electrons. The van der Waals surface area contributed by atoms with Crippen LogP contribution in [-0.4, -0.2) is 21.0 Å². The van der Waals surface area contributed by atoms with Gasteiger partial charge < -0.3 is 11.1 Å². The van der Waals surface area contributed by atoms with Crippen molar-refractivity contribution in [2.75, 3.05) is 11.1 Å². The molecule has 3 N–H and O–H groups in total. The highest BCUT2D eigenvalue weighted by atomic mass is 35.5. The van der Waals surface area contributed by atoms with E-state index in [1.54, 1.807) is 0 Å². The number of nitro groups is 2. The van der Waals surface area contributed by atoms with Crippen LogP contribution >= 0.6 is 11.6 Å². The normalized spacial score (nSPS) is 10.3. The van der Waals surface area contributed by atoms with Gasteiger partial charge in [-0.1, -0.05) is 37.5 Å². The number of amides is 1. The molecule has 0 aromatic heterocycles. The topological polar surface area (TPSA) is 158 Å². The molecule has 0 spiro atoms. The second-order valence-electron chi connectivity index (χ2n) is 11.7. The lowest BCUT2D eigenvalue weighted by molar-refractivity contribution is -0.387. The molecule has 0 fully saturated rings. The summed E-state index contributed by atoms with van der Waals surface area (Å²) in [6.45, 7) is 15.1. The van der Waals surface area contributed by atoms with Gasteiger partial charge in [-0.15, -0.1) is 0 Å². The summed E-state index contributed by atoms with van der Waals surface area (Å²) in [5.74, 6) is 9.09. The van der Waals surface area contributed by atoms with Gasteiger partial charge in [0.1, 0.15) is 0 Å². The minimum Gasteiger partial charge on any atom is -0.398 e. The van der Waals surface area contributed by atoms with Crippen molar-refractivity contribution in [3.05, 3.63) is 67.3 Å². The number of rotatable bonds is 7. The zero-order chi connectivity index (χ0) is 35.1. The molecule has 1 amide bonds. The Hall–Kier alpha value is -4.55. The first kappa shape index (κ1) is 40.5. The predicted octanol–water partition coefficient (Wildman–Crippen LogP) is 8.14. The third-order valence-electron chi connectivity index (χ3n) is 4.94. The van der Waals surface area contributed by atoms with Crippen LogP contribution in [0.25, 0.3) is 0 Å². The molecule has 13 heteroatoms. The maximum atomic E-state index is 13.8. The fourth-order valence-electron chi connectivity index (χ4n) is 2.88. The lowest BCUT2D eigenvalue weighted by Crippen LogP contribution is -2.12. The number of hydrogen-bond donors (Lipinski definition) is 2. The number of nitrogen functional groups attached to an aromatic ring is 1. The average Bonchev–Trinajstić information content (AvgIpc) is 2.87. The summed E-state index contributed by atoms with van der Waals surface area (Å²) in [5, 5.41) is 23.7. The molecule has 0 aliphatic heterocycles. The first-order valence-electron chi connectivity index (χ1n) is 13.9. The monoisotopic (exact) mass is 648 g/mol. The van der Waals surface area contributed by atoms with Crippen LogP contribution in [0.4, 0.5) is 31.5 Å². The molecule has 2 aromatic carbocycles. The van der Waals surface area contributed by atoms with Crippen LogP contribution in [0.2, 0.25) is 0 Å². The summed E-state index contributed by atoms with van der Waals surface area (Å²) in [5.41, 5.74) is 4.45. The molecule has 0 heterocycles. The van der Waals surface area contributed by atoms with E-state index in [9.17, 15) is 38.6 Å². The van der Waals surface area contributed by atoms with E-state index in [2.05, 4.69) is 29.0 Å². The van der Waals surface area contributed by atoms with Crippen LogP contribution in [-0.2, 0) is 9.59 Å². The Morgan fingerprint density at radius 3 is 1.62 bits per heavy atom. The molecule has 0 aliphatic rings. The van der Waals surface area contributed by atoms with Gasteiger partial charge in [0.25, 0.3) is 0 Å². The molecule has 0 unspecified atom stereocenters. The maximum absolute atomic E-state index is 13.8. The minimum absolute atomic E-state index is 0.102. The number of nitro benzene ring substituents is 2. The maximum Gasteiger partial charge on any atom is 0.306 e. The third-order valence-corrected chi connectivity index (χ3v) is 5.13. The number of halogens is 3. The highest BCUT2D eigenvalue weighted by molar-refractivity contribution is 6.63. The van der Waals surface area contributed by atoms with Crippen molar-refractivity contribution >= 4 is 45.5 Å². The van der Waals surface area contributed by atoms with Crippen molar-refractivity contribution in [2.45, 2.75) is 81.1 Å². The second-order valence-corrected chi connectivity index (χ2v) is 12.1. The van der Waals surface area contributed by atoms with Gasteiger partial charge in [-0.3, -0.25) is 29.8 Å². The molecular weight excluding hydrogens is 610 g/mol. The SMILES string of the molecule is CC(C)(C)C#Cc1cc([N+](=O)[O-])c(F)cc1N.CCCC(=O)Cl.CCCC(=O)Nc1cc(F)c([N+](=O)[O-])cc1C#CC(C)(C)C. The molecule has 2 aromatic rings. The Bertz CT molecular complexity index is 1520. The van der Waals surface area contributed by atoms with E-state index >= 15 is 0 Å².